The van der Waals surface area contributed by atoms with Gasteiger partial charge >= 0.3 is 0 Å². The molecule has 0 amide bonds. The number of benzene rings is 1. The lowest BCUT2D eigenvalue weighted by Crippen LogP contribution is -2.39. The van der Waals surface area contributed by atoms with Gasteiger partial charge in [0.15, 0.2) is 0 Å². The first-order valence-electron chi connectivity index (χ1n) is 7.69. The van der Waals surface area contributed by atoms with Gasteiger partial charge in [-0.05, 0) is 82.5 Å². The third-order valence-corrected chi connectivity index (χ3v) is 4.51. The maximum atomic E-state index is 3.69. The Morgan fingerprint density at radius 3 is 2.47 bits per heavy atom. The molecule has 19 heavy (non-hydrogen) atoms. The lowest BCUT2D eigenvalue weighted by Gasteiger charge is -2.27. The fraction of sp³-hybridized carbons (Fsp3) is 0.667. The second kappa shape index (κ2) is 5.66. The van der Waals surface area contributed by atoms with Crippen molar-refractivity contribution < 1.29 is 0 Å². The van der Waals surface area contributed by atoms with Crippen molar-refractivity contribution in [2.24, 2.45) is 5.92 Å². The Bertz CT molecular complexity index is 428. The lowest BCUT2D eigenvalue weighted by atomic mass is 9.87. The predicted octanol–water partition coefficient (Wildman–Crippen LogP) is 4.58. The number of aryl methyl sites for hydroxylation is 2. The third-order valence-electron chi connectivity index (χ3n) is 4.51. The summed E-state index contributed by atoms with van der Waals surface area (Å²) >= 11 is 0. The van der Waals surface area contributed by atoms with Crippen LogP contribution < -0.4 is 5.32 Å². The summed E-state index contributed by atoms with van der Waals surface area (Å²) in [5, 5.41) is 3.69. The molecule has 1 fully saturated rings. The van der Waals surface area contributed by atoms with Crippen LogP contribution in [0, 0.1) is 19.8 Å². The molecular formula is C18H29N. The maximum absolute atomic E-state index is 3.69. The van der Waals surface area contributed by atoms with E-state index in [0.29, 0.717) is 0 Å². The SMILES string of the molecule is Cc1ccc(C2CCCC2CNC(C)(C)C)cc1C. The van der Waals surface area contributed by atoms with E-state index in [1.807, 2.05) is 0 Å². The standard InChI is InChI=1S/C18H29N/c1-13-9-10-15(11-14(13)2)17-8-6-7-16(17)12-19-18(3,4)5/h9-11,16-17,19H,6-8,12H2,1-5H3. The average molecular weight is 259 g/mol. The van der Waals surface area contributed by atoms with Crippen LogP contribution in [0.4, 0.5) is 0 Å². The summed E-state index contributed by atoms with van der Waals surface area (Å²) in [6.07, 6.45) is 4.12. The molecule has 1 heteroatoms. The van der Waals surface area contributed by atoms with Crippen molar-refractivity contribution in [3.8, 4) is 0 Å². The summed E-state index contributed by atoms with van der Waals surface area (Å²) in [6, 6.07) is 7.05. The minimum Gasteiger partial charge on any atom is -0.312 e. The highest BCUT2D eigenvalue weighted by molar-refractivity contribution is 5.32. The Morgan fingerprint density at radius 1 is 1.11 bits per heavy atom. The highest BCUT2D eigenvalue weighted by Gasteiger charge is 2.29. The predicted molar refractivity (Wildman–Crippen MR) is 83.8 cm³/mol. The first kappa shape index (κ1) is 14.6. The van der Waals surface area contributed by atoms with E-state index in [1.165, 1.54) is 30.4 Å². The molecule has 2 unspecified atom stereocenters. The maximum Gasteiger partial charge on any atom is 0.00966 e. The molecule has 0 heterocycles. The van der Waals surface area contributed by atoms with Gasteiger partial charge in [-0.25, -0.2) is 0 Å². The molecule has 0 radical (unpaired) electrons. The van der Waals surface area contributed by atoms with E-state index in [0.717, 1.165) is 18.4 Å². The highest BCUT2D eigenvalue weighted by atomic mass is 14.9. The minimum absolute atomic E-state index is 0.232. The Hall–Kier alpha value is -0.820. The van der Waals surface area contributed by atoms with Crippen molar-refractivity contribution in [3.05, 3.63) is 34.9 Å². The molecule has 0 aliphatic heterocycles. The molecule has 1 nitrogen and oxygen atoms in total. The Labute approximate surface area is 118 Å². The fourth-order valence-electron chi connectivity index (χ4n) is 3.15. The van der Waals surface area contributed by atoms with Crippen LogP contribution in [0.2, 0.25) is 0 Å². The number of nitrogens with one attached hydrogen (secondary N) is 1. The molecule has 2 atom stereocenters. The van der Waals surface area contributed by atoms with Gasteiger partial charge in [-0.3, -0.25) is 0 Å². The smallest absolute Gasteiger partial charge is 0.00966 e. The molecule has 2 rings (SSSR count). The van der Waals surface area contributed by atoms with Crippen LogP contribution in [-0.4, -0.2) is 12.1 Å². The molecule has 1 aromatic rings. The molecule has 1 saturated carbocycles. The molecule has 0 bridgehead atoms. The zero-order valence-electron chi connectivity index (χ0n) is 13.2. The van der Waals surface area contributed by atoms with E-state index in [1.54, 1.807) is 5.56 Å². The van der Waals surface area contributed by atoms with Gasteiger partial charge in [0, 0.05) is 5.54 Å². The van der Waals surface area contributed by atoms with Gasteiger partial charge in [0.05, 0.1) is 0 Å². The van der Waals surface area contributed by atoms with Crippen LogP contribution in [0.3, 0.4) is 0 Å². The molecule has 1 aliphatic rings. The summed E-state index contributed by atoms with van der Waals surface area (Å²) in [4.78, 5) is 0. The largest absolute Gasteiger partial charge is 0.312 e. The van der Waals surface area contributed by atoms with Crippen molar-refractivity contribution in [3.63, 3.8) is 0 Å². The Morgan fingerprint density at radius 2 is 1.84 bits per heavy atom. The minimum atomic E-state index is 0.232. The van der Waals surface area contributed by atoms with E-state index in [-0.39, 0.29) is 5.54 Å². The first-order chi connectivity index (χ1) is 8.87. The third kappa shape index (κ3) is 3.82. The second-order valence-electron chi connectivity index (χ2n) is 7.27. The fourth-order valence-corrected chi connectivity index (χ4v) is 3.15. The summed E-state index contributed by atoms with van der Waals surface area (Å²) in [5.74, 6) is 1.57. The Kier molecular flexibility index (Phi) is 4.35. The first-order valence-corrected chi connectivity index (χ1v) is 7.69. The average Bonchev–Trinajstić information content (AvgIpc) is 2.77. The second-order valence-corrected chi connectivity index (χ2v) is 7.27. The van der Waals surface area contributed by atoms with E-state index in [4.69, 9.17) is 0 Å². The van der Waals surface area contributed by atoms with Crippen molar-refractivity contribution in [2.75, 3.05) is 6.54 Å². The van der Waals surface area contributed by atoms with Gasteiger partial charge in [0.2, 0.25) is 0 Å². The lowest BCUT2D eigenvalue weighted by molar-refractivity contribution is 0.356. The molecule has 106 valence electrons. The van der Waals surface area contributed by atoms with E-state index < -0.39 is 0 Å². The van der Waals surface area contributed by atoms with Gasteiger partial charge in [-0.2, -0.15) is 0 Å². The van der Waals surface area contributed by atoms with Crippen molar-refractivity contribution in [1.29, 1.82) is 0 Å². The van der Waals surface area contributed by atoms with Gasteiger partial charge in [-0.15, -0.1) is 0 Å². The topological polar surface area (TPSA) is 12.0 Å². The summed E-state index contributed by atoms with van der Waals surface area (Å²) in [6.45, 7) is 12.4. The zero-order chi connectivity index (χ0) is 14.0. The van der Waals surface area contributed by atoms with Crippen LogP contribution in [0.1, 0.15) is 62.6 Å². The molecular weight excluding hydrogens is 230 g/mol. The highest BCUT2D eigenvalue weighted by Crippen LogP contribution is 2.39. The quantitative estimate of drug-likeness (QED) is 0.838. The van der Waals surface area contributed by atoms with Gasteiger partial charge < -0.3 is 5.32 Å². The molecule has 1 N–H and O–H groups in total. The molecule has 0 saturated heterocycles. The van der Waals surface area contributed by atoms with Crippen molar-refractivity contribution >= 4 is 0 Å². The van der Waals surface area contributed by atoms with E-state index in [2.05, 4.69) is 58.1 Å². The van der Waals surface area contributed by atoms with Crippen molar-refractivity contribution in [1.82, 2.24) is 5.32 Å². The normalized spacial score (nSPS) is 23.8. The van der Waals surface area contributed by atoms with Crippen LogP contribution in [0.15, 0.2) is 18.2 Å². The van der Waals surface area contributed by atoms with Crippen LogP contribution >= 0.6 is 0 Å². The summed E-state index contributed by atoms with van der Waals surface area (Å²) in [5.41, 5.74) is 4.63. The van der Waals surface area contributed by atoms with Crippen LogP contribution in [-0.2, 0) is 0 Å². The van der Waals surface area contributed by atoms with E-state index in [9.17, 15) is 0 Å². The van der Waals surface area contributed by atoms with Crippen LogP contribution in [0.25, 0.3) is 0 Å². The summed E-state index contributed by atoms with van der Waals surface area (Å²) < 4.78 is 0. The van der Waals surface area contributed by atoms with Crippen molar-refractivity contribution in [2.45, 2.75) is 65.3 Å². The molecule has 1 aromatic carbocycles. The number of hydrogen-bond acceptors (Lipinski definition) is 1. The molecule has 0 spiro atoms. The number of hydrogen-bond donors (Lipinski definition) is 1. The molecule has 1 aliphatic carbocycles. The van der Waals surface area contributed by atoms with Gasteiger partial charge in [0.25, 0.3) is 0 Å². The van der Waals surface area contributed by atoms with E-state index >= 15 is 0 Å². The monoisotopic (exact) mass is 259 g/mol. The van der Waals surface area contributed by atoms with Crippen LogP contribution in [0.5, 0.6) is 0 Å². The van der Waals surface area contributed by atoms with Gasteiger partial charge in [-0.1, -0.05) is 24.6 Å². The summed E-state index contributed by atoms with van der Waals surface area (Å²) in [7, 11) is 0. The number of rotatable bonds is 3. The Balaban J connectivity index is 2.07. The molecule has 0 aromatic heterocycles. The van der Waals surface area contributed by atoms with Gasteiger partial charge in [0.1, 0.15) is 0 Å². The zero-order valence-corrected chi connectivity index (χ0v) is 13.2.